The van der Waals surface area contributed by atoms with E-state index >= 15 is 0 Å². The number of aldehydes is 2. The Balaban J connectivity index is 1.97. The fourth-order valence-electron chi connectivity index (χ4n) is 1.37. The SMILES string of the molecule is O=Cc1ccc(/C=N/Nc2ccc(C=O)cn2)cc1. The summed E-state index contributed by atoms with van der Waals surface area (Å²) < 4.78 is 0. The summed E-state index contributed by atoms with van der Waals surface area (Å²) >= 11 is 0. The predicted molar refractivity (Wildman–Crippen MR) is 72.7 cm³/mol. The van der Waals surface area contributed by atoms with E-state index in [2.05, 4.69) is 15.5 Å². The first-order chi connectivity index (χ1) is 9.31. The molecule has 0 amide bonds. The zero-order chi connectivity index (χ0) is 13.5. The maximum Gasteiger partial charge on any atom is 0.151 e. The van der Waals surface area contributed by atoms with Gasteiger partial charge in [-0.05, 0) is 17.7 Å². The predicted octanol–water partition coefficient (Wildman–Crippen LogP) is 2.15. The fourth-order valence-corrected chi connectivity index (χ4v) is 1.37. The van der Waals surface area contributed by atoms with Crippen molar-refractivity contribution >= 4 is 24.6 Å². The molecule has 94 valence electrons. The van der Waals surface area contributed by atoms with E-state index in [1.165, 1.54) is 6.20 Å². The van der Waals surface area contributed by atoms with Crippen LogP contribution >= 0.6 is 0 Å². The molecule has 0 radical (unpaired) electrons. The Bertz CT molecular complexity index is 589. The van der Waals surface area contributed by atoms with Crippen molar-refractivity contribution in [2.45, 2.75) is 0 Å². The smallest absolute Gasteiger partial charge is 0.151 e. The lowest BCUT2D eigenvalue weighted by Crippen LogP contribution is -1.94. The second-order valence-electron chi connectivity index (χ2n) is 3.75. The van der Waals surface area contributed by atoms with E-state index in [1.54, 1.807) is 42.6 Å². The van der Waals surface area contributed by atoms with Crippen molar-refractivity contribution in [1.29, 1.82) is 0 Å². The maximum absolute atomic E-state index is 10.5. The van der Waals surface area contributed by atoms with E-state index in [1.807, 2.05) is 0 Å². The van der Waals surface area contributed by atoms with Crippen molar-refractivity contribution in [3.63, 3.8) is 0 Å². The van der Waals surface area contributed by atoms with Gasteiger partial charge in [0.2, 0.25) is 0 Å². The van der Waals surface area contributed by atoms with Gasteiger partial charge in [-0.15, -0.1) is 0 Å². The van der Waals surface area contributed by atoms with Crippen molar-refractivity contribution in [3.8, 4) is 0 Å². The number of hydrogen-bond donors (Lipinski definition) is 1. The third-order valence-corrected chi connectivity index (χ3v) is 2.39. The summed E-state index contributed by atoms with van der Waals surface area (Å²) in [6, 6.07) is 10.3. The highest BCUT2D eigenvalue weighted by atomic mass is 16.1. The van der Waals surface area contributed by atoms with Gasteiger partial charge in [-0.1, -0.05) is 24.3 Å². The number of nitrogens with zero attached hydrogens (tertiary/aromatic N) is 2. The third kappa shape index (κ3) is 3.57. The highest BCUT2D eigenvalue weighted by Crippen LogP contribution is 2.04. The summed E-state index contributed by atoms with van der Waals surface area (Å²) in [6.45, 7) is 0. The van der Waals surface area contributed by atoms with E-state index in [-0.39, 0.29) is 0 Å². The molecule has 5 heteroatoms. The second-order valence-corrected chi connectivity index (χ2v) is 3.75. The minimum absolute atomic E-state index is 0.513. The molecule has 0 aliphatic carbocycles. The van der Waals surface area contributed by atoms with Crippen molar-refractivity contribution < 1.29 is 9.59 Å². The lowest BCUT2D eigenvalue weighted by molar-refractivity contribution is 0.111. The quantitative estimate of drug-likeness (QED) is 0.503. The first-order valence-electron chi connectivity index (χ1n) is 5.57. The summed E-state index contributed by atoms with van der Waals surface area (Å²) in [4.78, 5) is 25.0. The second kappa shape index (κ2) is 6.20. The van der Waals surface area contributed by atoms with Gasteiger partial charge in [0.05, 0.1) is 6.21 Å². The van der Waals surface area contributed by atoms with Crippen molar-refractivity contribution in [2.24, 2.45) is 5.10 Å². The number of rotatable bonds is 5. The van der Waals surface area contributed by atoms with Gasteiger partial charge in [0.25, 0.3) is 0 Å². The van der Waals surface area contributed by atoms with E-state index in [0.29, 0.717) is 16.9 Å². The van der Waals surface area contributed by atoms with Crippen LogP contribution in [0.15, 0.2) is 47.7 Å². The van der Waals surface area contributed by atoms with E-state index < -0.39 is 0 Å². The van der Waals surface area contributed by atoms with Crippen LogP contribution in [0.2, 0.25) is 0 Å². The van der Waals surface area contributed by atoms with Gasteiger partial charge in [0.1, 0.15) is 12.1 Å². The Kier molecular flexibility index (Phi) is 4.12. The molecule has 1 aromatic carbocycles. The molecular weight excluding hydrogens is 242 g/mol. The molecule has 0 aliphatic heterocycles. The number of pyridine rings is 1. The first kappa shape index (κ1) is 12.6. The van der Waals surface area contributed by atoms with E-state index in [4.69, 9.17) is 0 Å². The molecule has 2 aromatic rings. The Hall–Kier alpha value is -2.82. The minimum Gasteiger partial charge on any atom is -0.298 e. The molecule has 0 atom stereocenters. The van der Waals surface area contributed by atoms with Crippen molar-refractivity contribution in [1.82, 2.24) is 4.98 Å². The normalized spacial score (nSPS) is 10.3. The first-order valence-corrected chi connectivity index (χ1v) is 5.57. The lowest BCUT2D eigenvalue weighted by Gasteiger charge is -1.98. The lowest BCUT2D eigenvalue weighted by atomic mass is 10.2. The Morgan fingerprint density at radius 2 is 1.53 bits per heavy atom. The van der Waals surface area contributed by atoms with E-state index in [9.17, 15) is 9.59 Å². The zero-order valence-corrected chi connectivity index (χ0v) is 9.98. The molecule has 0 fully saturated rings. The zero-order valence-electron chi connectivity index (χ0n) is 9.98. The molecule has 0 saturated carbocycles. The molecule has 0 aliphatic rings. The monoisotopic (exact) mass is 253 g/mol. The highest BCUT2D eigenvalue weighted by molar-refractivity contribution is 5.82. The van der Waals surface area contributed by atoms with Gasteiger partial charge in [-0.25, -0.2) is 4.98 Å². The molecule has 19 heavy (non-hydrogen) atoms. The van der Waals surface area contributed by atoms with Crippen LogP contribution in [0, 0.1) is 0 Å². The summed E-state index contributed by atoms with van der Waals surface area (Å²) in [7, 11) is 0. The highest BCUT2D eigenvalue weighted by Gasteiger charge is 1.93. The minimum atomic E-state index is 0.513. The third-order valence-electron chi connectivity index (χ3n) is 2.39. The van der Waals surface area contributed by atoms with Crippen LogP contribution in [0.5, 0.6) is 0 Å². The van der Waals surface area contributed by atoms with Gasteiger partial charge >= 0.3 is 0 Å². The number of hydrogen-bond acceptors (Lipinski definition) is 5. The van der Waals surface area contributed by atoms with Crippen LogP contribution in [0.1, 0.15) is 26.3 Å². The molecule has 0 saturated heterocycles. The Labute approximate surface area is 110 Å². The Morgan fingerprint density at radius 3 is 2.11 bits per heavy atom. The Morgan fingerprint density at radius 1 is 0.895 bits per heavy atom. The van der Waals surface area contributed by atoms with Crippen molar-refractivity contribution in [2.75, 3.05) is 5.43 Å². The summed E-state index contributed by atoms with van der Waals surface area (Å²) in [5.41, 5.74) is 4.74. The van der Waals surface area contributed by atoms with E-state index in [0.717, 1.165) is 18.1 Å². The molecule has 1 heterocycles. The number of aromatic nitrogens is 1. The van der Waals surface area contributed by atoms with Crippen LogP contribution in [-0.4, -0.2) is 23.8 Å². The summed E-state index contributed by atoms with van der Waals surface area (Å²) in [5.74, 6) is 0.548. The average Bonchev–Trinajstić information content (AvgIpc) is 2.49. The molecule has 0 spiro atoms. The van der Waals surface area contributed by atoms with Crippen LogP contribution < -0.4 is 5.43 Å². The van der Waals surface area contributed by atoms with Crippen LogP contribution in [0.3, 0.4) is 0 Å². The van der Waals surface area contributed by atoms with Gasteiger partial charge in [0, 0.05) is 17.3 Å². The van der Waals surface area contributed by atoms with Gasteiger partial charge < -0.3 is 0 Å². The fraction of sp³-hybridized carbons (Fsp3) is 0. The van der Waals surface area contributed by atoms with Crippen LogP contribution in [0.25, 0.3) is 0 Å². The van der Waals surface area contributed by atoms with Gasteiger partial charge in [-0.2, -0.15) is 5.10 Å². The van der Waals surface area contributed by atoms with Crippen LogP contribution in [-0.2, 0) is 0 Å². The van der Waals surface area contributed by atoms with Crippen molar-refractivity contribution in [3.05, 3.63) is 59.3 Å². The summed E-state index contributed by atoms with van der Waals surface area (Å²) in [6.07, 6.45) is 4.60. The number of benzene rings is 1. The molecular formula is C14H11N3O2. The molecule has 1 N–H and O–H groups in total. The number of anilines is 1. The van der Waals surface area contributed by atoms with Gasteiger partial charge in [0.15, 0.2) is 6.29 Å². The number of carbonyl (C=O) groups is 2. The standard InChI is InChI=1S/C14H11N3O2/c18-9-12-3-1-11(2-4-12)8-16-17-14-6-5-13(10-19)7-15-14/h1-10H,(H,15,17)/b16-8+. The number of hydrazone groups is 1. The molecule has 0 unspecified atom stereocenters. The van der Waals surface area contributed by atoms with Crippen LogP contribution in [0.4, 0.5) is 5.82 Å². The molecule has 2 rings (SSSR count). The number of nitrogens with one attached hydrogen (secondary N) is 1. The summed E-state index contributed by atoms with van der Waals surface area (Å²) in [5, 5.41) is 4.01. The number of carbonyl (C=O) groups excluding carboxylic acids is 2. The molecule has 1 aromatic heterocycles. The maximum atomic E-state index is 10.5. The largest absolute Gasteiger partial charge is 0.298 e. The van der Waals surface area contributed by atoms with Gasteiger partial charge in [-0.3, -0.25) is 15.0 Å². The topological polar surface area (TPSA) is 71.4 Å². The molecule has 0 bridgehead atoms. The molecule has 5 nitrogen and oxygen atoms in total. The average molecular weight is 253 g/mol.